The Morgan fingerprint density at radius 1 is 1.40 bits per heavy atom. The number of ether oxygens (including phenoxy) is 1. The van der Waals surface area contributed by atoms with Crippen molar-refractivity contribution in [3.8, 4) is 0 Å². The van der Waals surface area contributed by atoms with Gasteiger partial charge in [0.2, 0.25) is 0 Å². The zero-order valence-corrected chi connectivity index (χ0v) is 9.50. The van der Waals surface area contributed by atoms with Gasteiger partial charge in [0.25, 0.3) is 0 Å². The van der Waals surface area contributed by atoms with Gasteiger partial charge in [-0.1, -0.05) is 6.92 Å². The topological polar surface area (TPSA) is 26.3 Å². The lowest BCUT2D eigenvalue weighted by Crippen LogP contribution is -2.43. The highest BCUT2D eigenvalue weighted by Gasteiger charge is 2.56. The van der Waals surface area contributed by atoms with Gasteiger partial charge >= 0.3 is 0 Å². The molecule has 1 saturated heterocycles. The van der Waals surface area contributed by atoms with Crippen molar-refractivity contribution in [3.05, 3.63) is 0 Å². The Kier molecular flexibility index (Phi) is 2.17. The fourth-order valence-electron chi connectivity index (χ4n) is 4.34. The minimum atomic E-state index is 0.351. The van der Waals surface area contributed by atoms with Gasteiger partial charge in [-0.3, -0.25) is 4.79 Å². The Bertz CT molecular complexity index is 286. The van der Waals surface area contributed by atoms with Crippen molar-refractivity contribution in [2.75, 3.05) is 6.61 Å². The van der Waals surface area contributed by atoms with Crippen LogP contribution < -0.4 is 0 Å². The van der Waals surface area contributed by atoms with E-state index >= 15 is 0 Å². The molecule has 0 aromatic rings. The highest BCUT2D eigenvalue weighted by molar-refractivity contribution is 5.84. The third kappa shape index (κ3) is 1.24. The zero-order valence-electron chi connectivity index (χ0n) is 9.50. The molecule has 2 aliphatic carbocycles. The summed E-state index contributed by atoms with van der Waals surface area (Å²) in [7, 11) is 0. The van der Waals surface area contributed by atoms with E-state index in [9.17, 15) is 4.79 Å². The average molecular weight is 208 g/mol. The fraction of sp³-hybridized carbons (Fsp3) is 0.923. The standard InChI is InChI=1S/C13H20O2/c1-2-13-6-3-10(14)12(13)9-5-8-15-11(9)4-7-13/h9,11-12H,2-8H2,1H3/t9?,11?,12-,13-/m1/s1. The first-order chi connectivity index (χ1) is 7.27. The van der Waals surface area contributed by atoms with Crippen LogP contribution in [0.4, 0.5) is 0 Å². The number of hydrogen-bond donors (Lipinski definition) is 0. The van der Waals surface area contributed by atoms with Crippen LogP contribution in [0.25, 0.3) is 0 Å². The smallest absolute Gasteiger partial charge is 0.136 e. The fourth-order valence-corrected chi connectivity index (χ4v) is 4.34. The second kappa shape index (κ2) is 3.31. The number of fused-ring (bicyclic) bond motifs is 3. The third-order valence-electron chi connectivity index (χ3n) is 5.20. The first kappa shape index (κ1) is 9.83. The first-order valence-corrected chi connectivity index (χ1v) is 6.41. The molecule has 2 heteroatoms. The predicted octanol–water partition coefficient (Wildman–Crippen LogP) is 2.56. The van der Waals surface area contributed by atoms with Crippen LogP contribution in [0.2, 0.25) is 0 Å². The summed E-state index contributed by atoms with van der Waals surface area (Å²) in [5, 5.41) is 0. The molecule has 2 nitrogen and oxygen atoms in total. The van der Waals surface area contributed by atoms with Gasteiger partial charge in [0.05, 0.1) is 6.10 Å². The molecule has 2 saturated carbocycles. The van der Waals surface area contributed by atoms with Crippen LogP contribution in [-0.2, 0) is 9.53 Å². The zero-order chi connectivity index (χ0) is 10.5. The van der Waals surface area contributed by atoms with Crippen molar-refractivity contribution in [2.45, 2.75) is 51.6 Å². The molecule has 15 heavy (non-hydrogen) atoms. The number of Topliss-reactive ketones (excluding diaryl/α,β-unsaturated/α-hetero) is 1. The van der Waals surface area contributed by atoms with Crippen LogP contribution in [0.1, 0.15) is 45.4 Å². The molecule has 4 atom stereocenters. The van der Waals surface area contributed by atoms with E-state index in [1.54, 1.807) is 0 Å². The van der Waals surface area contributed by atoms with Crippen LogP contribution >= 0.6 is 0 Å². The molecule has 0 N–H and O–H groups in total. The van der Waals surface area contributed by atoms with E-state index in [-0.39, 0.29) is 0 Å². The van der Waals surface area contributed by atoms with E-state index in [0.717, 1.165) is 25.9 Å². The lowest BCUT2D eigenvalue weighted by molar-refractivity contribution is -0.128. The number of carbonyl (C=O) groups excluding carboxylic acids is 1. The molecule has 0 aromatic heterocycles. The first-order valence-electron chi connectivity index (χ1n) is 6.41. The van der Waals surface area contributed by atoms with E-state index in [2.05, 4.69) is 6.92 Å². The minimum Gasteiger partial charge on any atom is -0.378 e. The van der Waals surface area contributed by atoms with Crippen LogP contribution in [0, 0.1) is 17.3 Å². The van der Waals surface area contributed by atoms with Gasteiger partial charge in [0.15, 0.2) is 0 Å². The summed E-state index contributed by atoms with van der Waals surface area (Å²) in [5.74, 6) is 1.45. The summed E-state index contributed by atoms with van der Waals surface area (Å²) in [6, 6.07) is 0. The molecular weight excluding hydrogens is 188 g/mol. The summed E-state index contributed by atoms with van der Waals surface area (Å²) in [4.78, 5) is 12.1. The van der Waals surface area contributed by atoms with E-state index in [4.69, 9.17) is 4.74 Å². The Morgan fingerprint density at radius 3 is 3.07 bits per heavy atom. The van der Waals surface area contributed by atoms with E-state index in [1.165, 1.54) is 19.3 Å². The van der Waals surface area contributed by atoms with Crippen molar-refractivity contribution in [3.63, 3.8) is 0 Å². The lowest BCUT2D eigenvalue weighted by Gasteiger charge is -2.43. The van der Waals surface area contributed by atoms with Crippen LogP contribution in [0.15, 0.2) is 0 Å². The second-order valence-electron chi connectivity index (χ2n) is 5.56. The number of hydrogen-bond acceptors (Lipinski definition) is 2. The Labute approximate surface area is 91.4 Å². The SMILES string of the molecule is CC[C@]12CCC(=O)[C@H]1C1CCOC1CC2. The highest BCUT2D eigenvalue weighted by Crippen LogP contribution is 2.57. The Hall–Kier alpha value is -0.370. The summed E-state index contributed by atoms with van der Waals surface area (Å²) in [5.41, 5.74) is 0.367. The summed E-state index contributed by atoms with van der Waals surface area (Å²) >= 11 is 0. The molecule has 84 valence electrons. The molecule has 0 aromatic carbocycles. The molecule has 0 bridgehead atoms. The van der Waals surface area contributed by atoms with Gasteiger partial charge in [0.1, 0.15) is 5.78 Å². The van der Waals surface area contributed by atoms with Gasteiger partial charge in [-0.25, -0.2) is 0 Å². The van der Waals surface area contributed by atoms with Crippen LogP contribution in [0.3, 0.4) is 0 Å². The molecule has 3 rings (SSSR count). The van der Waals surface area contributed by atoms with Crippen molar-refractivity contribution in [1.82, 2.24) is 0 Å². The molecule has 3 fully saturated rings. The lowest BCUT2D eigenvalue weighted by atomic mass is 9.61. The maximum Gasteiger partial charge on any atom is 0.136 e. The normalized spacial score (nSPS) is 49.1. The van der Waals surface area contributed by atoms with Crippen molar-refractivity contribution in [2.24, 2.45) is 17.3 Å². The number of carbonyl (C=O) groups is 1. The maximum atomic E-state index is 12.1. The Morgan fingerprint density at radius 2 is 2.27 bits per heavy atom. The minimum absolute atomic E-state index is 0.351. The van der Waals surface area contributed by atoms with E-state index in [1.807, 2.05) is 0 Å². The number of rotatable bonds is 1. The van der Waals surface area contributed by atoms with Gasteiger partial charge in [0, 0.05) is 18.9 Å². The monoisotopic (exact) mass is 208 g/mol. The molecule has 1 heterocycles. The second-order valence-corrected chi connectivity index (χ2v) is 5.56. The largest absolute Gasteiger partial charge is 0.378 e. The molecule has 1 aliphatic heterocycles. The molecule has 3 aliphatic rings. The summed E-state index contributed by atoms with van der Waals surface area (Å²) in [6.07, 6.45) is 7.13. The van der Waals surface area contributed by atoms with Crippen LogP contribution in [0.5, 0.6) is 0 Å². The highest BCUT2D eigenvalue weighted by atomic mass is 16.5. The summed E-state index contributed by atoms with van der Waals surface area (Å²) in [6.45, 7) is 3.15. The number of ketones is 1. The van der Waals surface area contributed by atoms with Crippen LogP contribution in [-0.4, -0.2) is 18.5 Å². The van der Waals surface area contributed by atoms with Gasteiger partial charge < -0.3 is 4.74 Å². The van der Waals surface area contributed by atoms with Gasteiger partial charge in [-0.05, 0) is 43.4 Å². The molecular formula is C13H20O2. The quantitative estimate of drug-likeness (QED) is 0.662. The average Bonchev–Trinajstić information content (AvgIpc) is 2.82. The molecule has 0 spiro atoms. The van der Waals surface area contributed by atoms with E-state index in [0.29, 0.717) is 29.1 Å². The molecule has 0 amide bonds. The van der Waals surface area contributed by atoms with E-state index < -0.39 is 0 Å². The van der Waals surface area contributed by atoms with Gasteiger partial charge in [-0.2, -0.15) is 0 Å². The summed E-state index contributed by atoms with van der Waals surface area (Å²) < 4.78 is 5.75. The molecule has 0 radical (unpaired) electrons. The van der Waals surface area contributed by atoms with Gasteiger partial charge in [-0.15, -0.1) is 0 Å². The maximum absolute atomic E-state index is 12.1. The van der Waals surface area contributed by atoms with Crippen molar-refractivity contribution < 1.29 is 9.53 Å². The Balaban J connectivity index is 1.94. The molecule has 2 unspecified atom stereocenters. The predicted molar refractivity (Wildman–Crippen MR) is 57.5 cm³/mol. The third-order valence-corrected chi connectivity index (χ3v) is 5.20. The van der Waals surface area contributed by atoms with Crippen molar-refractivity contribution >= 4 is 5.78 Å². The van der Waals surface area contributed by atoms with Crippen molar-refractivity contribution in [1.29, 1.82) is 0 Å².